The topological polar surface area (TPSA) is 72.5 Å². The SMILES string of the molecule is COc1c(C)cc(Br)c(C)c1C(N)CC(=O)O. The zero-order valence-electron chi connectivity index (χ0n) is 10.1. The van der Waals surface area contributed by atoms with Crippen molar-refractivity contribution in [2.75, 3.05) is 7.11 Å². The lowest BCUT2D eigenvalue weighted by atomic mass is 9.96. The number of aliphatic carboxylic acids is 1. The molecule has 1 aromatic carbocycles. The number of hydrogen-bond donors (Lipinski definition) is 2. The molecule has 3 N–H and O–H groups in total. The fourth-order valence-corrected chi connectivity index (χ4v) is 2.44. The van der Waals surface area contributed by atoms with Crippen molar-refractivity contribution in [1.29, 1.82) is 0 Å². The molecule has 17 heavy (non-hydrogen) atoms. The number of hydrogen-bond acceptors (Lipinski definition) is 3. The Labute approximate surface area is 109 Å². The van der Waals surface area contributed by atoms with E-state index in [9.17, 15) is 4.79 Å². The first kappa shape index (κ1) is 14.0. The van der Waals surface area contributed by atoms with Crippen LogP contribution in [-0.4, -0.2) is 18.2 Å². The maximum Gasteiger partial charge on any atom is 0.305 e. The second-order valence-corrected chi connectivity index (χ2v) is 4.81. The van der Waals surface area contributed by atoms with Crippen LogP contribution in [0.1, 0.15) is 29.2 Å². The van der Waals surface area contributed by atoms with Gasteiger partial charge in [0, 0.05) is 16.1 Å². The van der Waals surface area contributed by atoms with Gasteiger partial charge in [0.15, 0.2) is 0 Å². The van der Waals surface area contributed by atoms with Crippen LogP contribution in [0.25, 0.3) is 0 Å². The Morgan fingerprint density at radius 3 is 2.65 bits per heavy atom. The van der Waals surface area contributed by atoms with E-state index in [0.717, 1.165) is 21.2 Å². The van der Waals surface area contributed by atoms with Crippen LogP contribution in [0, 0.1) is 13.8 Å². The number of ether oxygens (including phenoxy) is 1. The zero-order chi connectivity index (χ0) is 13.2. The summed E-state index contributed by atoms with van der Waals surface area (Å²) in [7, 11) is 1.56. The van der Waals surface area contributed by atoms with Gasteiger partial charge in [0.2, 0.25) is 0 Å². The molecule has 0 aromatic heterocycles. The maximum absolute atomic E-state index is 10.7. The lowest BCUT2D eigenvalue weighted by Crippen LogP contribution is -2.17. The highest BCUT2D eigenvalue weighted by atomic mass is 79.9. The van der Waals surface area contributed by atoms with Crippen molar-refractivity contribution in [2.24, 2.45) is 5.73 Å². The van der Waals surface area contributed by atoms with E-state index in [1.54, 1.807) is 7.11 Å². The van der Waals surface area contributed by atoms with Crippen LogP contribution < -0.4 is 10.5 Å². The number of benzene rings is 1. The fourth-order valence-electron chi connectivity index (χ4n) is 1.88. The normalized spacial score (nSPS) is 12.3. The van der Waals surface area contributed by atoms with Gasteiger partial charge in [0.25, 0.3) is 0 Å². The molecule has 0 fully saturated rings. The van der Waals surface area contributed by atoms with E-state index >= 15 is 0 Å². The Kier molecular flexibility index (Phi) is 4.54. The molecular weight excluding hydrogens is 286 g/mol. The summed E-state index contributed by atoms with van der Waals surface area (Å²) in [6.45, 7) is 3.79. The molecule has 0 saturated carbocycles. The predicted octanol–water partition coefficient (Wildman–Crippen LogP) is 2.55. The minimum atomic E-state index is -0.920. The molecule has 1 aromatic rings. The van der Waals surface area contributed by atoms with Gasteiger partial charge in [0.05, 0.1) is 13.5 Å². The summed E-state index contributed by atoms with van der Waals surface area (Å²) in [6.07, 6.45) is -0.118. The number of carbonyl (C=O) groups is 1. The Morgan fingerprint density at radius 2 is 2.18 bits per heavy atom. The molecule has 1 rings (SSSR count). The van der Waals surface area contributed by atoms with Crippen LogP contribution in [0.5, 0.6) is 5.75 Å². The minimum absolute atomic E-state index is 0.118. The highest BCUT2D eigenvalue weighted by molar-refractivity contribution is 9.10. The predicted molar refractivity (Wildman–Crippen MR) is 69.3 cm³/mol. The largest absolute Gasteiger partial charge is 0.496 e. The third-order valence-corrected chi connectivity index (χ3v) is 3.50. The molecule has 0 aliphatic carbocycles. The molecule has 1 atom stereocenters. The first-order chi connectivity index (χ1) is 7.88. The molecule has 94 valence electrons. The summed E-state index contributed by atoms with van der Waals surface area (Å²) in [6, 6.07) is 1.36. The Balaban J connectivity index is 3.33. The van der Waals surface area contributed by atoms with E-state index in [1.165, 1.54) is 0 Å². The van der Waals surface area contributed by atoms with Crippen molar-refractivity contribution >= 4 is 21.9 Å². The molecule has 0 amide bonds. The minimum Gasteiger partial charge on any atom is -0.496 e. The first-order valence-corrected chi connectivity index (χ1v) is 5.98. The molecule has 1 unspecified atom stereocenters. The quantitative estimate of drug-likeness (QED) is 0.896. The number of methoxy groups -OCH3 is 1. The summed E-state index contributed by atoms with van der Waals surface area (Å²) < 4.78 is 6.23. The summed E-state index contributed by atoms with van der Waals surface area (Å²) in [5.41, 5.74) is 8.53. The van der Waals surface area contributed by atoms with Gasteiger partial charge in [-0.15, -0.1) is 0 Å². The van der Waals surface area contributed by atoms with Gasteiger partial charge in [-0.05, 0) is 31.0 Å². The van der Waals surface area contributed by atoms with Gasteiger partial charge in [-0.25, -0.2) is 0 Å². The van der Waals surface area contributed by atoms with Crippen LogP contribution in [0.4, 0.5) is 0 Å². The van der Waals surface area contributed by atoms with Gasteiger partial charge in [-0.1, -0.05) is 15.9 Å². The molecule has 0 bridgehead atoms. The smallest absolute Gasteiger partial charge is 0.305 e. The molecule has 0 radical (unpaired) electrons. The van der Waals surface area contributed by atoms with Gasteiger partial charge in [-0.3, -0.25) is 4.79 Å². The lowest BCUT2D eigenvalue weighted by Gasteiger charge is -2.20. The van der Waals surface area contributed by atoms with Crippen LogP contribution in [0.3, 0.4) is 0 Å². The van der Waals surface area contributed by atoms with Crippen molar-refractivity contribution < 1.29 is 14.6 Å². The lowest BCUT2D eigenvalue weighted by molar-refractivity contribution is -0.137. The number of carboxylic acids is 1. The van der Waals surface area contributed by atoms with E-state index in [1.807, 2.05) is 19.9 Å². The average Bonchev–Trinajstić information content (AvgIpc) is 2.21. The molecule has 0 aliphatic heterocycles. The Bertz CT molecular complexity index is 446. The van der Waals surface area contributed by atoms with Crippen molar-refractivity contribution in [2.45, 2.75) is 26.3 Å². The zero-order valence-corrected chi connectivity index (χ0v) is 11.7. The van der Waals surface area contributed by atoms with E-state index in [4.69, 9.17) is 15.6 Å². The van der Waals surface area contributed by atoms with Gasteiger partial charge >= 0.3 is 5.97 Å². The van der Waals surface area contributed by atoms with Crippen molar-refractivity contribution in [3.8, 4) is 5.75 Å². The summed E-state index contributed by atoms with van der Waals surface area (Å²) in [5, 5.41) is 8.81. The van der Waals surface area contributed by atoms with Crippen molar-refractivity contribution in [3.05, 3.63) is 27.2 Å². The van der Waals surface area contributed by atoms with E-state index < -0.39 is 12.0 Å². The van der Waals surface area contributed by atoms with Gasteiger partial charge < -0.3 is 15.6 Å². The second-order valence-electron chi connectivity index (χ2n) is 3.95. The van der Waals surface area contributed by atoms with Crippen LogP contribution in [0.2, 0.25) is 0 Å². The van der Waals surface area contributed by atoms with Crippen molar-refractivity contribution in [1.82, 2.24) is 0 Å². The Hall–Kier alpha value is -1.07. The summed E-state index contributed by atoms with van der Waals surface area (Å²) in [5.74, 6) is -0.254. The highest BCUT2D eigenvalue weighted by Gasteiger charge is 2.20. The first-order valence-electron chi connectivity index (χ1n) is 5.19. The highest BCUT2D eigenvalue weighted by Crippen LogP contribution is 2.36. The third kappa shape index (κ3) is 2.98. The second kappa shape index (κ2) is 5.51. The number of halogens is 1. The number of aryl methyl sites for hydroxylation is 1. The van der Waals surface area contributed by atoms with Crippen LogP contribution in [-0.2, 0) is 4.79 Å². The summed E-state index contributed by atoms with van der Waals surface area (Å²) in [4.78, 5) is 10.7. The van der Waals surface area contributed by atoms with Gasteiger partial charge in [-0.2, -0.15) is 0 Å². The fraction of sp³-hybridized carbons (Fsp3) is 0.417. The molecule has 5 heteroatoms. The number of carboxylic acid groups (broad SMARTS) is 1. The molecular formula is C12H16BrNO3. The number of rotatable bonds is 4. The molecule has 0 aliphatic rings. The van der Waals surface area contributed by atoms with Crippen molar-refractivity contribution in [3.63, 3.8) is 0 Å². The number of nitrogens with two attached hydrogens (primary N) is 1. The standard InChI is InChI=1S/C12H16BrNO3/c1-6-4-8(13)7(2)11(12(6)17-3)9(14)5-10(15)16/h4,9H,5,14H2,1-3H3,(H,15,16). The van der Waals surface area contributed by atoms with Gasteiger partial charge in [0.1, 0.15) is 5.75 Å². The molecule has 0 saturated heterocycles. The molecule has 4 nitrogen and oxygen atoms in total. The maximum atomic E-state index is 10.7. The molecule has 0 heterocycles. The monoisotopic (exact) mass is 301 g/mol. The average molecular weight is 302 g/mol. The third-order valence-electron chi connectivity index (χ3n) is 2.68. The van der Waals surface area contributed by atoms with E-state index in [-0.39, 0.29) is 6.42 Å². The summed E-state index contributed by atoms with van der Waals surface area (Å²) >= 11 is 3.44. The van der Waals surface area contributed by atoms with E-state index in [0.29, 0.717) is 5.75 Å². The van der Waals surface area contributed by atoms with E-state index in [2.05, 4.69) is 15.9 Å². The van der Waals surface area contributed by atoms with Crippen LogP contribution >= 0.6 is 15.9 Å². The van der Waals surface area contributed by atoms with Crippen LogP contribution in [0.15, 0.2) is 10.5 Å². The molecule has 0 spiro atoms. The Morgan fingerprint density at radius 1 is 1.59 bits per heavy atom.